The SMILES string of the molecule is CNC(=O)[C@@H](C)N(Cc1ccc(Cl)cc1)C(=O)COc1ccc(C(C)(C)C)cc1Br. The number of likely N-dealkylation sites (N-methyl/N-ethyl adjacent to an activating group) is 1. The molecule has 2 aromatic carbocycles. The van der Waals surface area contributed by atoms with E-state index < -0.39 is 6.04 Å². The summed E-state index contributed by atoms with van der Waals surface area (Å²) in [7, 11) is 1.55. The summed E-state index contributed by atoms with van der Waals surface area (Å²) in [4.78, 5) is 26.7. The number of halogens is 2. The molecule has 30 heavy (non-hydrogen) atoms. The minimum absolute atomic E-state index is 0.00912. The summed E-state index contributed by atoms with van der Waals surface area (Å²) in [5.41, 5.74) is 2.04. The Morgan fingerprint density at radius 1 is 1.17 bits per heavy atom. The minimum Gasteiger partial charge on any atom is -0.483 e. The molecular formula is C23H28BrClN2O3. The molecule has 7 heteroatoms. The van der Waals surface area contributed by atoms with E-state index in [0.717, 1.165) is 15.6 Å². The van der Waals surface area contributed by atoms with E-state index in [0.29, 0.717) is 10.8 Å². The maximum absolute atomic E-state index is 13.0. The Bertz CT molecular complexity index is 894. The summed E-state index contributed by atoms with van der Waals surface area (Å²) in [6.07, 6.45) is 0. The number of ether oxygens (including phenoxy) is 1. The van der Waals surface area contributed by atoms with Crippen LogP contribution < -0.4 is 10.1 Å². The Balaban J connectivity index is 2.15. The van der Waals surface area contributed by atoms with Crippen LogP contribution in [-0.4, -0.2) is 36.4 Å². The molecule has 0 aliphatic rings. The highest BCUT2D eigenvalue weighted by Gasteiger charge is 2.26. The highest BCUT2D eigenvalue weighted by molar-refractivity contribution is 9.10. The van der Waals surface area contributed by atoms with Gasteiger partial charge in [-0.05, 0) is 63.7 Å². The van der Waals surface area contributed by atoms with Crippen LogP contribution in [0.4, 0.5) is 0 Å². The smallest absolute Gasteiger partial charge is 0.261 e. The zero-order valence-electron chi connectivity index (χ0n) is 18.0. The van der Waals surface area contributed by atoms with Gasteiger partial charge in [0, 0.05) is 18.6 Å². The standard InChI is InChI=1S/C23H28BrClN2O3/c1-15(22(29)26-5)27(13-16-6-9-18(25)10-7-16)21(28)14-30-20-11-8-17(12-19(20)24)23(2,3)4/h6-12,15H,13-14H2,1-5H3,(H,26,29)/t15-/m1/s1. The normalized spacial score (nSPS) is 12.2. The van der Waals surface area contributed by atoms with Gasteiger partial charge in [0.05, 0.1) is 4.47 Å². The lowest BCUT2D eigenvalue weighted by Gasteiger charge is -2.28. The molecule has 0 fully saturated rings. The molecule has 0 radical (unpaired) electrons. The van der Waals surface area contributed by atoms with Crippen molar-refractivity contribution in [2.45, 2.75) is 45.7 Å². The Morgan fingerprint density at radius 2 is 1.80 bits per heavy atom. The molecule has 0 spiro atoms. The van der Waals surface area contributed by atoms with Crippen molar-refractivity contribution in [3.05, 3.63) is 63.1 Å². The Hall–Kier alpha value is -2.05. The first-order chi connectivity index (χ1) is 14.0. The molecule has 0 aliphatic heterocycles. The summed E-state index contributed by atoms with van der Waals surface area (Å²) < 4.78 is 6.56. The van der Waals surface area contributed by atoms with Crippen LogP contribution in [0, 0.1) is 0 Å². The van der Waals surface area contributed by atoms with Gasteiger partial charge >= 0.3 is 0 Å². The third-order valence-electron chi connectivity index (χ3n) is 4.83. The van der Waals surface area contributed by atoms with Gasteiger partial charge in [0.15, 0.2) is 6.61 Å². The Kier molecular flexibility index (Phi) is 8.33. The summed E-state index contributed by atoms with van der Waals surface area (Å²) in [5.74, 6) is 0.0521. The van der Waals surface area contributed by atoms with Gasteiger partial charge in [-0.25, -0.2) is 0 Å². The molecular weight excluding hydrogens is 468 g/mol. The van der Waals surface area contributed by atoms with E-state index in [4.69, 9.17) is 16.3 Å². The number of carbonyl (C=O) groups is 2. The molecule has 0 saturated carbocycles. The van der Waals surface area contributed by atoms with Crippen LogP contribution in [0.5, 0.6) is 5.75 Å². The average Bonchev–Trinajstić information content (AvgIpc) is 2.70. The van der Waals surface area contributed by atoms with Crippen LogP contribution in [0.1, 0.15) is 38.8 Å². The summed E-state index contributed by atoms with van der Waals surface area (Å²) >= 11 is 9.47. The number of benzene rings is 2. The second-order valence-electron chi connectivity index (χ2n) is 8.12. The van der Waals surface area contributed by atoms with Crippen molar-refractivity contribution in [1.29, 1.82) is 0 Å². The second-order valence-corrected chi connectivity index (χ2v) is 9.41. The molecule has 2 aromatic rings. The molecule has 5 nitrogen and oxygen atoms in total. The minimum atomic E-state index is -0.645. The monoisotopic (exact) mass is 494 g/mol. The summed E-state index contributed by atoms with van der Waals surface area (Å²) in [6.45, 7) is 8.19. The Labute approximate surface area is 191 Å². The van der Waals surface area contributed by atoms with Crippen molar-refractivity contribution in [2.24, 2.45) is 0 Å². The lowest BCUT2D eigenvalue weighted by atomic mass is 9.87. The third-order valence-corrected chi connectivity index (χ3v) is 5.70. The van der Waals surface area contributed by atoms with Gasteiger partial charge in [-0.3, -0.25) is 9.59 Å². The third kappa shape index (κ3) is 6.47. The number of hydrogen-bond acceptors (Lipinski definition) is 3. The van der Waals surface area contributed by atoms with Gasteiger partial charge in [-0.2, -0.15) is 0 Å². The van der Waals surface area contributed by atoms with Crippen molar-refractivity contribution >= 4 is 39.3 Å². The first-order valence-electron chi connectivity index (χ1n) is 9.71. The van der Waals surface area contributed by atoms with Crippen molar-refractivity contribution in [1.82, 2.24) is 10.2 Å². The number of amides is 2. The maximum atomic E-state index is 13.0. The van der Waals surface area contributed by atoms with Gasteiger partial charge in [-0.15, -0.1) is 0 Å². The fourth-order valence-corrected chi connectivity index (χ4v) is 3.50. The average molecular weight is 496 g/mol. The fraction of sp³-hybridized carbons (Fsp3) is 0.391. The number of nitrogens with one attached hydrogen (secondary N) is 1. The van der Waals surface area contributed by atoms with E-state index in [-0.39, 0.29) is 30.4 Å². The topological polar surface area (TPSA) is 58.6 Å². The highest BCUT2D eigenvalue weighted by Crippen LogP contribution is 2.31. The molecule has 0 bridgehead atoms. The van der Waals surface area contributed by atoms with Crippen LogP contribution in [-0.2, 0) is 21.5 Å². The van der Waals surface area contributed by atoms with Crippen LogP contribution >= 0.6 is 27.5 Å². The zero-order chi connectivity index (χ0) is 22.5. The largest absolute Gasteiger partial charge is 0.483 e. The van der Waals surface area contributed by atoms with E-state index >= 15 is 0 Å². The van der Waals surface area contributed by atoms with Crippen LogP contribution in [0.3, 0.4) is 0 Å². The Morgan fingerprint density at radius 3 is 2.33 bits per heavy atom. The van der Waals surface area contributed by atoms with Crippen molar-refractivity contribution in [3.63, 3.8) is 0 Å². The van der Waals surface area contributed by atoms with Gasteiger partial charge in [0.1, 0.15) is 11.8 Å². The van der Waals surface area contributed by atoms with Gasteiger partial charge in [0.25, 0.3) is 5.91 Å². The first kappa shape index (κ1) is 24.2. The van der Waals surface area contributed by atoms with Gasteiger partial charge < -0.3 is 15.0 Å². The number of carbonyl (C=O) groups excluding carboxylic acids is 2. The predicted octanol–water partition coefficient (Wildman–Crippen LogP) is 4.94. The lowest BCUT2D eigenvalue weighted by Crippen LogP contribution is -2.48. The quantitative estimate of drug-likeness (QED) is 0.592. The molecule has 0 saturated heterocycles. The summed E-state index contributed by atoms with van der Waals surface area (Å²) in [5, 5.41) is 3.21. The molecule has 1 N–H and O–H groups in total. The first-order valence-corrected chi connectivity index (χ1v) is 10.9. The molecule has 0 heterocycles. The molecule has 2 rings (SSSR count). The van der Waals surface area contributed by atoms with Gasteiger partial charge in [-0.1, -0.05) is 50.6 Å². The van der Waals surface area contributed by atoms with Crippen LogP contribution in [0.15, 0.2) is 46.9 Å². The molecule has 1 atom stereocenters. The van der Waals surface area contributed by atoms with E-state index in [9.17, 15) is 9.59 Å². The number of nitrogens with zero attached hydrogens (tertiary/aromatic N) is 1. The van der Waals surface area contributed by atoms with Crippen LogP contribution in [0.25, 0.3) is 0 Å². The van der Waals surface area contributed by atoms with Crippen molar-refractivity contribution < 1.29 is 14.3 Å². The van der Waals surface area contributed by atoms with Crippen LogP contribution in [0.2, 0.25) is 5.02 Å². The lowest BCUT2D eigenvalue weighted by molar-refractivity contribution is -0.142. The van der Waals surface area contributed by atoms with E-state index in [1.807, 2.05) is 30.3 Å². The predicted molar refractivity (Wildman–Crippen MR) is 124 cm³/mol. The molecule has 0 unspecified atom stereocenters. The maximum Gasteiger partial charge on any atom is 0.261 e. The number of rotatable bonds is 7. The van der Waals surface area contributed by atoms with E-state index in [1.54, 1.807) is 26.1 Å². The second kappa shape index (κ2) is 10.3. The van der Waals surface area contributed by atoms with E-state index in [2.05, 4.69) is 42.0 Å². The van der Waals surface area contributed by atoms with Crippen molar-refractivity contribution in [2.75, 3.05) is 13.7 Å². The molecule has 0 aromatic heterocycles. The summed E-state index contributed by atoms with van der Waals surface area (Å²) in [6, 6.07) is 12.4. The van der Waals surface area contributed by atoms with Crippen molar-refractivity contribution in [3.8, 4) is 5.75 Å². The molecule has 162 valence electrons. The zero-order valence-corrected chi connectivity index (χ0v) is 20.3. The highest BCUT2D eigenvalue weighted by atomic mass is 79.9. The number of hydrogen-bond donors (Lipinski definition) is 1. The fourth-order valence-electron chi connectivity index (χ4n) is 2.88. The van der Waals surface area contributed by atoms with Gasteiger partial charge in [0.2, 0.25) is 5.91 Å². The molecule has 2 amide bonds. The van der Waals surface area contributed by atoms with E-state index in [1.165, 1.54) is 4.90 Å². The molecule has 0 aliphatic carbocycles.